The number of benzene rings is 2. The zero-order chi connectivity index (χ0) is 21.2. The van der Waals surface area contributed by atoms with Gasteiger partial charge in [0.25, 0.3) is 0 Å². The maximum atomic E-state index is 2.47. The van der Waals surface area contributed by atoms with E-state index in [9.17, 15) is 0 Å². The van der Waals surface area contributed by atoms with Gasteiger partial charge in [-0.3, -0.25) is 0 Å². The Labute approximate surface area is 186 Å². The molecule has 0 saturated carbocycles. The Balaban J connectivity index is 1.80. The van der Waals surface area contributed by atoms with Crippen LogP contribution in [0.3, 0.4) is 0 Å². The summed E-state index contributed by atoms with van der Waals surface area (Å²) in [6, 6.07) is 16.6. The second-order valence-electron chi connectivity index (χ2n) is 9.71. The lowest BCUT2D eigenvalue weighted by atomic mass is 9.70. The van der Waals surface area contributed by atoms with E-state index in [0.717, 1.165) is 0 Å². The van der Waals surface area contributed by atoms with E-state index in [-0.39, 0.29) is 5.41 Å². The molecule has 0 saturated heterocycles. The Morgan fingerprint density at radius 3 is 1.73 bits per heavy atom. The second kappa shape index (κ2) is 11.7. The van der Waals surface area contributed by atoms with Crippen molar-refractivity contribution in [1.29, 1.82) is 0 Å². The molecule has 0 radical (unpaired) electrons. The predicted octanol–water partition coefficient (Wildman–Crippen LogP) is 9.76. The number of hydrogen-bond donors (Lipinski definition) is 0. The van der Waals surface area contributed by atoms with Crippen LogP contribution in [0.5, 0.6) is 0 Å². The molecule has 2 aromatic rings. The van der Waals surface area contributed by atoms with Crippen LogP contribution in [-0.2, 0) is 5.41 Å². The van der Waals surface area contributed by atoms with Crippen molar-refractivity contribution in [1.82, 2.24) is 0 Å². The van der Waals surface area contributed by atoms with Gasteiger partial charge in [-0.25, -0.2) is 0 Å². The van der Waals surface area contributed by atoms with Crippen molar-refractivity contribution in [3.63, 3.8) is 0 Å². The van der Waals surface area contributed by atoms with Crippen molar-refractivity contribution in [2.75, 3.05) is 0 Å². The lowest BCUT2D eigenvalue weighted by molar-refractivity contribution is 0.398. The zero-order valence-electron chi connectivity index (χ0n) is 19.9. The van der Waals surface area contributed by atoms with Gasteiger partial charge in [-0.1, -0.05) is 139 Å². The molecule has 0 amide bonds. The molecule has 30 heavy (non-hydrogen) atoms. The van der Waals surface area contributed by atoms with E-state index in [1.807, 2.05) is 0 Å². The fourth-order valence-electron chi connectivity index (χ4n) is 5.66. The van der Waals surface area contributed by atoms with Gasteiger partial charge in [-0.2, -0.15) is 0 Å². The van der Waals surface area contributed by atoms with Crippen molar-refractivity contribution < 1.29 is 0 Å². The number of rotatable bonds is 14. The van der Waals surface area contributed by atoms with Gasteiger partial charge in [-0.15, -0.1) is 0 Å². The SMILES string of the molecule is CCCCCCCCC1(CCCCCCCC)c2ccccc2-c2cc(C)ccc21. The van der Waals surface area contributed by atoms with Gasteiger partial charge in [0.1, 0.15) is 0 Å². The normalized spacial score (nSPS) is 14.0. The highest BCUT2D eigenvalue weighted by Crippen LogP contribution is 2.54. The molecule has 0 N–H and O–H groups in total. The van der Waals surface area contributed by atoms with E-state index in [0.29, 0.717) is 0 Å². The molecule has 0 bridgehead atoms. The number of hydrogen-bond acceptors (Lipinski definition) is 0. The van der Waals surface area contributed by atoms with Crippen LogP contribution in [0, 0.1) is 6.92 Å². The third-order valence-corrected chi connectivity index (χ3v) is 7.34. The van der Waals surface area contributed by atoms with Gasteiger partial charge < -0.3 is 0 Å². The molecule has 0 aromatic heterocycles. The summed E-state index contributed by atoms with van der Waals surface area (Å²) in [6.07, 6.45) is 19.2. The molecule has 1 aliphatic carbocycles. The first-order valence-corrected chi connectivity index (χ1v) is 12.9. The second-order valence-corrected chi connectivity index (χ2v) is 9.71. The molecule has 0 atom stereocenters. The standard InChI is InChI=1S/C30H44/c1-4-6-8-10-12-16-22-30(23-17-13-11-9-7-5-2)28-19-15-14-18-26(28)27-24-25(3)20-21-29(27)30/h14-15,18-21,24H,4-13,16-17,22-23H2,1-3H3. The molecule has 0 heteroatoms. The highest BCUT2D eigenvalue weighted by molar-refractivity contribution is 5.81. The topological polar surface area (TPSA) is 0 Å². The van der Waals surface area contributed by atoms with Crippen LogP contribution in [0.15, 0.2) is 42.5 Å². The maximum Gasteiger partial charge on any atom is 0.0215 e. The predicted molar refractivity (Wildman–Crippen MR) is 133 cm³/mol. The minimum Gasteiger partial charge on any atom is -0.0654 e. The summed E-state index contributed by atoms with van der Waals surface area (Å²) in [6.45, 7) is 6.86. The summed E-state index contributed by atoms with van der Waals surface area (Å²) in [4.78, 5) is 0. The first kappa shape index (κ1) is 23.1. The average Bonchev–Trinajstić information content (AvgIpc) is 3.03. The molecule has 0 nitrogen and oxygen atoms in total. The quantitative estimate of drug-likeness (QED) is 0.275. The highest BCUT2D eigenvalue weighted by atomic mass is 14.4. The highest BCUT2D eigenvalue weighted by Gasteiger charge is 2.41. The molecule has 0 spiro atoms. The maximum absolute atomic E-state index is 2.47. The summed E-state index contributed by atoms with van der Waals surface area (Å²) in [5, 5.41) is 0. The van der Waals surface area contributed by atoms with Crippen LogP contribution in [0.2, 0.25) is 0 Å². The van der Waals surface area contributed by atoms with E-state index < -0.39 is 0 Å². The molecule has 0 heterocycles. The first-order valence-electron chi connectivity index (χ1n) is 12.9. The van der Waals surface area contributed by atoms with Crippen LogP contribution < -0.4 is 0 Å². The summed E-state index contributed by atoms with van der Waals surface area (Å²) in [5.41, 5.74) is 7.90. The number of unbranched alkanes of at least 4 members (excludes halogenated alkanes) is 10. The van der Waals surface area contributed by atoms with E-state index in [1.165, 1.54) is 107 Å². The average molecular weight is 405 g/mol. The number of aryl methyl sites for hydroxylation is 1. The molecular weight excluding hydrogens is 360 g/mol. The monoisotopic (exact) mass is 404 g/mol. The van der Waals surface area contributed by atoms with Crippen LogP contribution in [-0.4, -0.2) is 0 Å². The van der Waals surface area contributed by atoms with E-state index in [1.54, 1.807) is 11.1 Å². The minimum atomic E-state index is 0.245. The van der Waals surface area contributed by atoms with Gasteiger partial charge >= 0.3 is 0 Å². The largest absolute Gasteiger partial charge is 0.0654 e. The van der Waals surface area contributed by atoms with Crippen molar-refractivity contribution in [2.24, 2.45) is 0 Å². The fraction of sp³-hybridized carbons (Fsp3) is 0.600. The number of fused-ring (bicyclic) bond motifs is 3. The van der Waals surface area contributed by atoms with Crippen molar-refractivity contribution in [3.8, 4) is 11.1 Å². The Morgan fingerprint density at radius 2 is 1.10 bits per heavy atom. The van der Waals surface area contributed by atoms with Crippen LogP contribution >= 0.6 is 0 Å². The first-order chi connectivity index (χ1) is 14.7. The summed E-state index contributed by atoms with van der Waals surface area (Å²) in [7, 11) is 0. The van der Waals surface area contributed by atoms with Crippen LogP contribution in [0.1, 0.15) is 120 Å². The van der Waals surface area contributed by atoms with E-state index in [4.69, 9.17) is 0 Å². The molecule has 0 fully saturated rings. The summed E-state index contributed by atoms with van der Waals surface area (Å²) >= 11 is 0. The van der Waals surface area contributed by atoms with E-state index >= 15 is 0 Å². The third kappa shape index (κ3) is 5.37. The van der Waals surface area contributed by atoms with Gasteiger partial charge in [0.2, 0.25) is 0 Å². The van der Waals surface area contributed by atoms with Gasteiger partial charge in [0, 0.05) is 5.41 Å². The van der Waals surface area contributed by atoms with Crippen molar-refractivity contribution >= 4 is 0 Å². The lowest BCUT2D eigenvalue weighted by Crippen LogP contribution is -2.25. The van der Waals surface area contributed by atoms with Crippen LogP contribution in [0.4, 0.5) is 0 Å². The molecule has 3 rings (SSSR count). The summed E-state index contributed by atoms with van der Waals surface area (Å²) in [5.74, 6) is 0. The summed E-state index contributed by atoms with van der Waals surface area (Å²) < 4.78 is 0. The third-order valence-electron chi connectivity index (χ3n) is 7.34. The minimum absolute atomic E-state index is 0.245. The Hall–Kier alpha value is -1.56. The molecule has 164 valence electrons. The van der Waals surface area contributed by atoms with Gasteiger partial charge in [0.05, 0.1) is 0 Å². The molecule has 2 aromatic carbocycles. The Kier molecular flexibility index (Phi) is 9.04. The Morgan fingerprint density at radius 1 is 0.567 bits per heavy atom. The fourth-order valence-corrected chi connectivity index (χ4v) is 5.66. The molecule has 0 unspecified atom stereocenters. The lowest BCUT2D eigenvalue weighted by Gasteiger charge is -2.33. The molecular formula is C30H44. The molecule has 0 aliphatic heterocycles. The molecule has 1 aliphatic rings. The zero-order valence-corrected chi connectivity index (χ0v) is 19.9. The van der Waals surface area contributed by atoms with Crippen LogP contribution in [0.25, 0.3) is 11.1 Å². The van der Waals surface area contributed by atoms with Crippen molar-refractivity contribution in [3.05, 3.63) is 59.2 Å². The Bertz CT molecular complexity index is 753. The van der Waals surface area contributed by atoms with E-state index in [2.05, 4.69) is 63.2 Å². The smallest absolute Gasteiger partial charge is 0.0215 e. The van der Waals surface area contributed by atoms with Crippen molar-refractivity contribution in [2.45, 2.75) is 116 Å². The van der Waals surface area contributed by atoms with Gasteiger partial charge in [-0.05, 0) is 42.0 Å². The van der Waals surface area contributed by atoms with Gasteiger partial charge in [0.15, 0.2) is 0 Å².